The second kappa shape index (κ2) is 12.6. The molecule has 0 aromatic heterocycles. The number of hydrogen-bond donors (Lipinski definition) is 2. The third-order valence-electron chi connectivity index (χ3n) is 2.69. The number of halogens is 3. The summed E-state index contributed by atoms with van der Waals surface area (Å²) >= 11 is 9.70. The Balaban J connectivity index is 0.00000676. The van der Waals surface area contributed by atoms with Crippen molar-refractivity contribution in [1.29, 1.82) is 0 Å². The molecule has 27 heavy (non-hydrogen) atoms. The van der Waals surface area contributed by atoms with Gasteiger partial charge in [0.1, 0.15) is 12.3 Å². The van der Waals surface area contributed by atoms with Crippen LogP contribution in [0.15, 0.2) is 50.7 Å². The molecule has 2 N–H and O–H groups in total. The van der Waals surface area contributed by atoms with Gasteiger partial charge in [0.05, 0.1) is 5.71 Å². The van der Waals surface area contributed by atoms with E-state index in [1.165, 1.54) is 0 Å². The van der Waals surface area contributed by atoms with Crippen LogP contribution in [0.2, 0.25) is 0 Å². The molecule has 0 heterocycles. The molecule has 151 valence electrons. The summed E-state index contributed by atoms with van der Waals surface area (Å²) in [5, 5.41) is 20.0. The Hall–Kier alpha value is -1.75. The van der Waals surface area contributed by atoms with Crippen molar-refractivity contribution in [2.75, 3.05) is 13.1 Å². The molecule has 0 unspecified atom stereocenters. The van der Waals surface area contributed by atoms with E-state index in [4.69, 9.17) is 25.3 Å². The van der Waals surface area contributed by atoms with Crippen molar-refractivity contribution in [2.45, 2.75) is 20.0 Å². The van der Waals surface area contributed by atoms with Crippen LogP contribution in [0, 0.1) is 0 Å². The third kappa shape index (κ3) is 10.9. The molecule has 0 aliphatic heterocycles. The van der Waals surface area contributed by atoms with Gasteiger partial charge < -0.3 is 35.9 Å². The Morgan fingerprint density at radius 3 is 2.07 bits per heavy atom. The van der Waals surface area contributed by atoms with Crippen LogP contribution in [0.4, 0.5) is 13.2 Å². The number of rotatable bonds is 6. The van der Waals surface area contributed by atoms with Gasteiger partial charge in [0, 0.05) is 12.1 Å². The molecule has 6 nitrogen and oxygen atoms in total. The number of hydrogen-bond acceptors (Lipinski definition) is 6. The number of benzene rings is 1. The predicted octanol–water partition coefficient (Wildman–Crippen LogP) is 2.33. The van der Waals surface area contributed by atoms with Crippen LogP contribution < -0.4 is 10.6 Å². The van der Waals surface area contributed by atoms with E-state index < -0.39 is 12.7 Å². The van der Waals surface area contributed by atoms with Gasteiger partial charge in [-0.05, 0) is 24.2 Å². The summed E-state index contributed by atoms with van der Waals surface area (Å²) in [4.78, 5) is 0. The number of nitrogens with zero attached hydrogens (tertiary/aromatic N) is 4. The van der Waals surface area contributed by atoms with Crippen LogP contribution in [0.25, 0.3) is 0 Å². The zero-order chi connectivity index (χ0) is 19.6. The smallest absolute Gasteiger partial charge is 0.741 e. The van der Waals surface area contributed by atoms with E-state index in [1.807, 2.05) is 18.3 Å². The van der Waals surface area contributed by atoms with Crippen LogP contribution >= 0.6 is 0 Å². The Morgan fingerprint density at radius 1 is 0.963 bits per heavy atom. The van der Waals surface area contributed by atoms with E-state index in [0.29, 0.717) is 23.5 Å². The first kappa shape index (κ1) is 25.2. The van der Waals surface area contributed by atoms with Gasteiger partial charge in [-0.1, -0.05) is 30.3 Å². The molecular weight excluding hydrogens is 449 g/mol. The minimum Gasteiger partial charge on any atom is -0.741 e. The molecule has 0 aliphatic carbocycles. The first-order valence-electron chi connectivity index (χ1n) is 7.45. The zero-order valence-electron chi connectivity index (χ0n) is 14.3. The third-order valence-corrected chi connectivity index (χ3v) is 3.14. The zero-order valence-corrected chi connectivity index (χ0v) is 16.9. The molecule has 0 aliphatic rings. The standard InChI is InChI=1S/C15H19F3N6S2.Cu/c1-3-19-13(25)24-22-12(11-7-5-4-6-8-11)10(2)21-23-14(26)20-9-15(16,17)18;/h4-8H,3,9H2,1-2H3,(H2,19,24,25)(H2,20,23,26);/q;+2/p-2. The average molecular weight is 466 g/mol. The van der Waals surface area contributed by atoms with Gasteiger partial charge in [0.15, 0.2) is 0 Å². The largest absolute Gasteiger partial charge is 2.00 e. The first-order valence-corrected chi connectivity index (χ1v) is 8.26. The minimum atomic E-state index is -4.39. The van der Waals surface area contributed by atoms with Gasteiger partial charge in [0.2, 0.25) is 0 Å². The molecule has 1 aromatic rings. The summed E-state index contributed by atoms with van der Waals surface area (Å²) in [6, 6.07) is 8.99. The molecule has 0 atom stereocenters. The van der Waals surface area contributed by atoms with E-state index in [-0.39, 0.29) is 27.4 Å². The molecule has 1 rings (SSSR count). The SMILES string of the molecule is CCNC([S-])=NN=C(C(C)=NN=C([S-])NCC(F)(F)F)c1ccccc1.[Cu+2]. The van der Waals surface area contributed by atoms with Crippen molar-refractivity contribution in [3.05, 3.63) is 35.9 Å². The van der Waals surface area contributed by atoms with Crippen LogP contribution in [0.1, 0.15) is 19.4 Å². The van der Waals surface area contributed by atoms with Gasteiger partial charge in [-0.2, -0.15) is 28.5 Å². The normalized spacial score (nSPS) is 13.8. The second-order valence-corrected chi connectivity index (χ2v) is 5.58. The quantitative estimate of drug-likeness (QED) is 0.222. The van der Waals surface area contributed by atoms with Gasteiger partial charge in [0.25, 0.3) is 0 Å². The molecule has 0 spiro atoms. The van der Waals surface area contributed by atoms with Crippen molar-refractivity contribution >= 4 is 47.0 Å². The average Bonchev–Trinajstić information content (AvgIpc) is 2.59. The Bertz CT molecular complexity index is 705. The summed E-state index contributed by atoms with van der Waals surface area (Å²) in [5.41, 5.74) is 1.38. The fourth-order valence-corrected chi connectivity index (χ4v) is 1.89. The Labute approximate surface area is 177 Å². The number of nitrogens with one attached hydrogen (secondary N) is 2. The maximum Gasteiger partial charge on any atom is 2.00 e. The molecule has 0 saturated heterocycles. The van der Waals surface area contributed by atoms with Gasteiger partial charge in [-0.3, -0.25) is 0 Å². The van der Waals surface area contributed by atoms with Crippen molar-refractivity contribution < 1.29 is 30.2 Å². The van der Waals surface area contributed by atoms with E-state index in [1.54, 1.807) is 31.2 Å². The molecule has 0 fully saturated rings. The molecule has 1 radical (unpaired) electrons. The fraction of sp³-hybridized carbons (Fsp3) is 0.333. The van der Waals surface area contributed by atoms with Gasteiger partial charge in [-0.25, -0.2) is 0 Å². The van der Waals surface area contributed by atoms with Crippen LogP contribution in [0.3, 0.4) is 0 Å². The minimum absolute atomic E-state index is 0. The maximum absolute atomic E-state index is 12.2. The maximum atomic E-state index is 12.2. The number of amidine groups is 2. The summed E-state index contributed by atoms with van der Waals surface area (Å²) in [5.74, 6) is 0. The van der Waals surface area contributed by atoms with E-state index in [2.05, 4.69) is 25.7 Å². The number of alkyl halides is 3. The predicted molar refractivity (Wildman–Crippen MR) is 103 cm³/mol. The van der Waals surface area contributed by atoms with Crippen molar-refractivity contribution in [1.82, 2.24) is 10.6 Å². The summed E-state index contributed by atoms with van der Waals surface area (Å²) in [6.45, 7) is 2.77. The molecular formula is C15H17CuF3N6S2. The van der Waals surface area contributed by atoms with Crippen LogP contribution in [-0.2, 0) is 42.3 Å². The van der Waals surface area contributed by atoms with Crippen LogP contribution in [-0.4, -0.2) is 41.0 Å². The first-order chi connectivity index (χ1) is 12.2. The van der Waals surface area contributed by atoms with Crippen LogP contribution in [0.5, 0.6) is 0 Å². The second-order valence-electron chi connectivity index (χ2n) is 4.81. The topological polar surface area (TPSA) is 73.5 Å². The summed E-state index contributed by atoms with van der Waals surface area (Å²) in [7, 11) is 0. The van der Waals surface area contributed by atoms with Crippen molar-refractivity contribution in [3.63, 3.8) is 0 Å². The Morgan fingerprint density at radius 2 is 1.52 bits per heavy atom. The molecule has 0 amide bonds. The van der Waals surface area contributed by atoms with Crippen molar-refractivity contribution in [2.24, 2.45) is 20.4 Å². The summed E-state index contributed by atoms with van der Waals surface area (Å²) < 4.78 is 36.5. The van der Waals surface area contributed by atoms with Gasteiger partial charge in [-0.15, -0.1) is 5.10 Å². The van der Waals surface area contributed by atoms with E-state index in [0.717, 1.165) is 0 Å². The summed E-state index contributed by atoms with van der Waals surface area (Å²) in [6.07, 6.45) is -4.39. The van der Waals surface area contributed by atoms with Crippen molar-refractivity contribution in [3.8, 4) is 0 Å². The van der Waals surface area contributed by atoms with E-state index >= 15 is 0 Å². The Kier molecular flexibility index (Phi) is 11.8. The van der Waals surface area contributed by atoms with Gasteiger partial charge >= 0.3 is 23.2 Å². The molecule has 12 heteroatoms. The molecule has 0 saturated carbocycles. The fourth-order valence-electron chi connectivity index (χ4n) is 1.60. The monoisotopic (exact) mass is 465 g/mol. The van der Waals surface area contributed by atoms with E-state index in [9.17, 15) is 13.2 Å². The molecule has 1 aromatic carbocycles. The molecule has 0 bridgehead atoms.